The first-order valence-corrected chi connectivity index (χ1v) is 8.63. The number of carbonyl (C=O) groups is 1. The average molecular weight is 331 g/mol. The Balaban J connectivity index is 1.86. The molecular weight excluding hydrogens is 310 g/mol. The number of amides is 1. The molecule has 0 bridgehead atoms. The smallest absolute Gasteiger partial charge is 0.261 e. The molecule has 1 atom stereocenters. The molecule has 3 heterocycles. The summed E-state index contributed by atoms with van der Waals surface area (Å²) in [5.74, 6) is 0.935. The van der Waals surface area contributed by atoms with Crippen molar-refractivity contribution in [1.29, 1.82) is 0 Å². The number of thiazole rings is 1. The van der Waals surface area contributed by atoms with Crippen molar-refractivity contribution in [3.63, 3.8) is 0 Å². The third-order valence-electron chi connectivity index (χ3n) is 3.93. The van der Waals surface area contributed by atoms with Crippen LogP contribution < -0.4 is 15.5 Å². The summed E-state index contributed by atoms with van der Waals surface area (Å²) < 4.78 is 0. The van der Waals surface area contributed by atoms with E-state index < -0.39 is 0 Å². The Hall–Kier alpha value is -1.99. The average Bonchev–Trinajstić information content (AvgIpc) is 3.08. The first-order valence-electron chi connectivity index (χ1n) is 7.75. The number of aromatic nitrogens is 2. The van der Waals surface area contributed by atoms with Gasteiger partial charge in [-0.25, -0.2) is 9.97 Å². The van der Waals surface area contributed by atoms with Gasteiger partial charge in [-0.2, -0.15) is 0 Å². The monoisotopic (exact) mass is 331 g/mol. The molecule has 1 amide bonds. The van der Waals surface area contributed by atoms with Crippen LogP contribution in [0.3, 0.4) is 0 Å². The summed E-state index contributed by atoms with van der Waals surface area (Å²) in [7, 11) is 3.82. The maximum atomic E-state index is 12.5. The maximum Gasteiger partial charge on any atom is 0.261 e. The van der Waals surface area contributed by atoms with Crippen LogP contribution in [0, 0.1) is 0 Å². The van der Waals surface area contributed by atoms with Crippen LogP contribution in [-0.4, -0.2) is 43.1 Å². The molecule has 1 aliphatic rings. The van der Waals surface area contributed by atoms with Crippen molar-refractivity contribution in [2.75, 3.05) is 37.4 Å². The molecule has 1 fully saturated rings. The van der Waals surface area contributed by atoms with Gasteiger partial charge in [-0.3, -0.25) is 10.1 Å². The molecule has 2 aromatic rings. The second kappa shape index (κ2) is 7.06. The second-order valence-electron chi connectivity index (χ2n) is 5.84. The van der Waals surface area contributed by atoms with E-state index in [1.165, 1.54) is 11.3 Å². The molecule has 2 aromatic heterocycles. The van der Waals surface area contributed by atoms with E-state index in [0.717, 1.165) is 31.6 Å². The lowest BCUT2D eigenvalue weighted by Crippen LogP contribution is -2.29. The molecule has 1 saturated heterocycles. The van der Waals surface area contributed by atoms with Gasteiger partial charge in [0.25, 0.3) is 5.91 Å². The lowest BCUT2D eigenvalue weighted by molar-refractivity contribution is 0.102. The summed E-state index contributed by atoms with van der Waals surface area (Å²) in [6.45, 7) is 2.02. The number of hydrogen-bond donors (Lipinski definition) is 2. The lowest BCUT2D eigenvalue weighted by Gasteiger charge is -2.24. The van der Waals surface area contributed by atoms with E-state index in [2.05, 4.69) is 15.6 Å². The van der Waals surface area contributed by atoms with Gasteiger partial charge in [-0.1, -0.05) is 0 Å². The second-order valence-corrected chi connectivity index (χ2v) is 6.73. The number of pyridine rings is 1. The van der Waals surface area contributed by atoms with E-state index in [-0.39, 0.29) is 5.91 Å². The largest absolute Gasteiger partial charge is 0.362 e. The molecule has 0 saturated carbocycles. The van der Waals surface area contributed by atoms with Crippen LogP contribution in [0.4, 0.5) is 10.9 Å². The Morgan fingerprint density at radius 3 is 2.96 bits per heavy atom. The van der Waals surface area contributed by atoms with Gasteiger partial charge in [0, 0.05) is 43.8 Å². The molecule has 3 rings (SSSR count). The molecule has 0 spiro atoms. The van der Waals surface area contributed by atoms with E-state index >= 15 is 0 Å². The van der Waals surface area contributed by atoms with E-state index in [1.54, 1.807) is 6.20 Å². The Labute approximate surface area is 140 Å². The van der Waals surface area contributed by atoms with E-state index in [1.807, 2.05) is 36.5 Å². The first kappa shape index (κ1) is 15.9. The minimum atomic E-state index is -0.176. The maximum absolute atomic E-state index is 12.5. The van der Waals surface area contributed by atoms with Crippen LogP contribution in [0.5, 0.6) is 0 Å². The lowest BCUT2D eigenvalue weighted by atomic mass is 9.95. The van der Waals surface area contributed by atoms with Crippen LogP contribution in [0.15, 0.2) is 23.7 Å². The Bertz CT molecular complexity index is 665. The molecule has 2 N–H and O–H groups in total. The van der Waals surface area contributed by atoms with Crippen LogP contribution in [0.25, 0.3) is 0 Å². The number of nitrogens with zero attached hydrogens (tertiary/aromatic N) is 3. The molecule has 0 aromatic carbocycles. The van der Waals surface area contributed by atoms with E-state index in [0.29, 0.717) is 22.4 Å². The van der Waals surface area contributed by atoms with Crippen molar-refractivity contribution in [2.24, 2.45) is 0 Å². The van der Waals surface area contributed by atoms with Gasteiger partial charge >= 0.3 is 0 Å². The third-order valence-corrected chi connectivity index (χ3v) is 4.62. The summed E-state index contributed by atoms with van der Waals surface area (Å²) in [6, 6.07) is 3.84. The van der Waals surface area contributed by atoms with E-state index in [9.17, 15) is 4.79 Å². The first-order chi connectivity index (χ1) is 11.1. The SMILES string of the molecule is CN(C)c1nc(C2CCCNC2)ccc1C(=O)Nc1nccs1. The zero-order valence-electron chi connectivity index (χ0n) is 13.4. The van der Waals surface area contributed by atoms with Crippen molar-refractivity contribution < 1.29 is 4.79 Å². The normalized spacial score (nSPS) is 17.7. The Kier molecular flexibility index (Phi) is 4.88. The van der Waals surface area contributed by atoms with Crippen LogP contribution >= 0.6 is 11.3 Å². The number of carbonyl (C=O) groups excluding carboxylic acids is 1. The predicted molar refractivity (Wildman–Crippen MR) is 93.5 cm³/mol. The van der Waals surface area contributed by atoms with Crippen LogP contribution in [-0.2, 0) is 0 Å². The minimum Gasteiger partial charge on any atom is -0.362 e. The zero-order valence-corrected chi connectivity index (χ0v) is 14.2. The highest BCUT2D eigenvalue weighted by molar-refractivity contribution is 7.13. The van der Waals surface area contributed by atoms with E-state index in [4.69, 9.17) is 4.98 Å². The number of hydrogen-bond acceptors (Lipinski definition) is 6. The molecule has 122 valence electrons. The predicted octanol–water partition coefficient (Wildman–Crippen LogP) is 2.32. The van der Waals surface area contributed by atoms with Crippen molar-refractivity contribution in [3.8, 4) is 0 Å². The number of piperidine rings is 1. The highest BCUT2D eigenvalue weighted by atomic mass is 32.1. The molecule has 1 aliphatic heterocycles. The molecule has 1 unspecified atom stereocenters. The van der Waals surface area contributed by atoms with Crippen molar-refractivity contribution in [1.82, 2.24) is 15.3 Å². The van der Waals surface area contributed by atoms with Crippen LogP contribution in [0.2, 0.25) is 0 Å². The molecule has 0 radical (unpaired) electrons. The summed E-state index contributed by atoms with van der Waals surface area (Å²) in [6.07, 6.45) is 3.97. The van der Waals surface area contributed by atoms with Gasteiger partial charge in [0.1, 0.15) is 5.82 Å². The zero-order chi connectivity index (χ0) is 16.2. The molecule has 0 aliphatic carbocycles. The van der Waals surface area contributed by atoms with Gasteiger partial charge in [0.2, 0.25) is 0 Å². The molecular formula is C16H21N5OS. The standard InChI is InChI=1S/C16H21N5OS/c1-21(2)14-12(15(22)20-16-18-8-9-23-16)5-6-13(19-14)11-4-3-7-17-10-11/h5-6,8-9,11,17H,3-4,7,10H2,1-2H3,(H,18,20,22). The van der Waals surface area contributed by atoms with Gasteiger partial charge in [0.15, 0.2) is 5.13 Å². The highest BCUT2D eigenvalue weighted by Gasteiger charge is 2.21. The van der Waals surface area contributed by atoms with Gasteiger partial charge in [0.05, 0.1) is 5.56 Å². The minimum absolute atomic E-state index is 0.176. The molecule has 6 nitrogen and oxygen atoms in total. The fraction of sp³-hybridized carbons (Fsp3) is 0.438. The summed E-state index contributed by atoms with van der Waals surface area (Å²) in [4.78, 5) is 23.2. The van der Waals surface area contributed by atoms with Crippen LogP contribution in [0.1, 0.15) is 34.8 Å². The summed E-state index contributed by atoms with van der Waals surface area (Å²) in [5, 5.41) is 8.66. The quantitative estimate of drug-likeness (QED) is 0.900. The Morgan fingerprint density at radius 1 is 1.43 bits per heavy atom. The summed E-state index contributed by atoms with van der Waals surface area (Å²) in [5.41, 5.74) is 1.62. The molecule has 23 heavy (non-hydrogen) atoms. The Morgan fingerprint density at radius 2 is 2.30 bits per heavy atom. The van der Waals surface area contributed by atoms with Gasteiger partial charge in [-0.05, 0) is 31.5 Å². The fourth-order valence-corrected chi connectivity index (χ4v) is 3.29. The topological polar surface area (TPSA) is 70.2 Å². The van der Waals surface area contributed by atoms with Gasteiger partial charge in [-0.15, -0.1) is 11.3 Å². The number of rotatable bonds is 4. The number of nitrogens with one attached hydrogen (secondary N) is 2. The summed E-state index contributed by atoms with van der Waals surface area (Å²) >= 11 is 1.40. The van der Waals surface area contributed by atoms with Crippen molar-refractivity contribution in [2.45, 2.75) is 18.8 Å². The van der Waals surface area contributed by atoms with Crippen molar-refractivity contribution >= 4 is 28.2 Å². The fourth-order valence-electron chi connectivity index (χ4n) is 2.76. The molecule has 7 heteroatoms. The third kappa shape index (κ3) is 3.68. The number of anilines is 2. The van der Waals surface area contributed by atoms with Crippen molar-refractivity contribution in [3.05, 3.63) is 35.0 Å². The highest BCUT2D eigenvalue weighted by Crippen LogP contribution is 2.26. The van der Waals surface area contributed by atoms with Gasteiger partial charge < -0.3 is 10.2 Å².